The first kappa shape index (κ1) is 5.84. The molecule has 0 rings (SSSR count). The first-order valence-electron chi connectivity index (χ1n) is 1.34. The van der Waals surface area contributed by atoms with Crippen LogP contribution in [0.3, 0.4) is 0 Å². The van der Waals surface area contributed by atoms with E-state index in [1.807, 2.05) is 0 Å². The molecular formula is C2H6O4. The Morgan fingerprint density at radius 3 is 1.33 bits per heavy atom. The maximum atomic E-state index is 7.69. The van der Waals surface area contributed by atoms with E-state index in [4.69, 9.17) is 20.4 Å². The Balaban J connectivity index is 3.17. The van der Waals surface area contributed by atoms with Crippen molar-refractivity contribution in [2.75, 3.05) is 6.61 Å². The molecule has 0 aromatic heterocycles. The summed E-state index contributed by atoms with van der Waals surface area (Å²) in [5.41, 5.74) is 0. The second-order valence-electron chi connectivity index (χ2n) is 0.932. The van der Waals surface area contributed by atoms with Gasteiger partial charge < -0.3 is 20.4 Å². The molecule has 0 aliphatic heterocycles. The Labute approximate surface area is 34.3 Å². The molecule has 4 N–H and O–H groups in total. The van der Waals surface area contributed by atoms with Crippen molar-refractivity contribution in [2.45, 2.75) is 5.97 Å². The zero-order valence-electron chi connectivity index (χ0n) is 3.00. The molecule has 0 bridgehead atoms. The number of rotatable bonds is 1. The van der Waals surface area contributed by atoms with Crippen molar-refractivity contribution in [3.8, 4) is 0 Å². The highest BCUT2D eigenvalue weighted by molar-refractivity contribution is 4.35. The minimum Gasteiger partial charge on any atom is -0.388 e. The lowest BCUT2D eigenvalue weighted by molar-refractivity contribution is -0.326. The van der Waals surface area contributed by atoms with E-state index in [0.29, 0.717) is 0 Å². The molecule has 0 amide bonds. The number of aliphatic hydroxyl groups is 4. The van der Waals surface area contributed by atoms with Crippen LogP contribution in [0.1, 0.15) is 0 Å². The molecule has 0 aromatic rings. The molecule has 4 heteroatoms. The van der Waals surface area contributed by atoms with E-state index in [0.717, 1.165) is 0 Å². The first-order chi connectivity index (χ1) is 2.56. The first-order valence-corrected chi connectivity index (χ1v) is 1.34. The average Bonchev–Trinajstić information content (AvgIpc) is 1.35. The molecule has 0 saturated carbocycles. The summed E-state index contributed by atoms with van der Waals surface area (Å²) in [7, 11) is 0. The Morgan fingerprint density at radius 2 is 1.33 bits per heavy atom. The van der Waals surface area contributed by atoms with E-state index in [2.05, 4.69) is 0 Å². The highest BCUT2D eigenvalue weighted by Gasteiger charge is 2.13. The van der Waals surface area contributed by atoms with E-state index in [1.54, 1.807) is 0 Å². The van der Waals surface area contributed by atoms with Gasteiger partial charge in [0.15, 0.2) is 0 Å². The van der Waals surface area contributed by atoms with Crippen molar-refractivity contribution >= 4 is 0 Å². The van der Waals surface area contributed by atoms with Gasteiger partial charge in [-0.1, -0.05) is 0 Å². The summed E-state index contributed by atoms with van der Waals surface area (Å²) in [5.74, 6) is -2.90. The van der Waals surface area contributed by atoms with E-state index in [1.165, 1.54) is 0 Å². The number of hydrogen-bond acceptors (Lipinski definition) is 4. The zero-order valence-corrected chi connectivity index (χ0v) is 3.00. The van der Waals surface area contributed by atoms with Crippen LogP contribution in [0.25, 0.3) is 0 Å². The Kier molecular flexibility index (Phi) is 1.48. The van der Waals surface area contributed by atoms with E-state index >= 15 is 0 Å². The number of aliphatic hydroxyl groups excluding tert-OH is 1. The topological polar surface area (TPSA) is 80.9 Å². The fourth-order valence-electron chi connectivity index (χ4n) is 0. The van der Waals surface area contributed by atoms with Gasteiger partial charge in [-0.15, -0.1) is 0 Å². The third-order valence-corrected chi connectivity index (χ3v) is 0.212. The highest BCUT2D eigenvalue weighted by Crippen LogP contribution is 1.84. The molecule has 0 heterocycles. The van der Waals surface area contributed by atoms with Crippen LogP contribution < -0.4 is 0 Å². The van der Waals surface area contributed by atoms with Gasteiger partial charge in [0.2, 0.25) is 0 Å². The van der Waals surface area contributed by atoms with Gasteiger partial charge in [0.25, 0.3) is 5.97 Å². The average molecular weight is 94.1 g/mol. The van der Waals surface area contributed by atoms with Crippen LogP contribution >= 0.6 is 0 Å². The minimum absolute atomic E-state index is 1.06. The Bertz CT molecular complexity index is 35.3. The van der Waals surface area contributed by atoms with Crippen molar-refractivity contribution in [3.63, 3.8) is 0 Å². The van der Waals surface area contributed by atoms with E-state index in [9.17, 15) is 0 Å². The van der Waals surface area contributed by atoms with Gasteiger partial charge in [0.1, 0.15) is 6.61 Å². The summed E-state index contributed by atoms with van der Waals surface area (Å²) in [6.45, 7) is -1.06. The quantitative estimate of drug-likeness (QED) is 0.273. The van der Waals surface area contributed by atoms with Crippen LogP contribution in [0.15, 0.2) is 0 Å². The summed E-state index contributed by atoms with van der Waals surface area (Å²) in [5, 5.41) is 30.7. The largest absolute Gasteiger partial charge is 0.388 e. The van der Waals surface area contributed by atoms with Crippen LogP contribution in [0.5, 0.6) is 0 Å². The maximum Gasteiger partial charge on any atom is 0.299 e. The van der Waals surface area contributed by atoms with Crippen molar-refractivity contribution in [2.24, 2.45) is 0 Å². The predicted molar refractivity (Wildman–Crippen MR) is 16.5 cm³/mol. The Morgan fingerprint density at radius 1 is 1.17 bits per heavy atom. The highest BCUT2D eigenvalue weighted by atomic mass is 16.7. The third kappa shape index (κ3) is 3.84. The predicted octanol–water partition coefficient (Wildman–Crippen LogP) is -2.39. The van der Waals surface area contributed by atoms with Gasteiger partial charge in [0, 0.05) is 0 Å². The second kappa shape index (κ2) is 1.53. The summed E-state index contributed by atoms with van der Waals surface area (Å²) in [6, 6.07) is 0. The standard InChI is InChI=1S/C2H6O4/c3-1-2(4,5)6/h3-6H,1H2. The maximum absolute atomic E-state index is 7.69. The summed E-state index contributed by atoms with van der Waals surface area (Å²) in [4.78, 5) is 0. The van der Waals surface area contributed by atoms with Crippen molar-refractivity contribution in [3.05, 3.63) is 0 Å². The van der Waals surface area contributed by atoms with Crippen LogP contribution in [0, 0.1) is 0 Å². The second-order valence-corrected chi connectivity index (χ2v) is 0.932. The third-order valence-electron chi connectivity index (χ3n) is 0.212. The van der Waals surface area contributed by atoms with Crippen LogP contribution in [0.4, 0.5) is 0 Å². The molecular weight excluding hydrogens is 88.0 g/mol. The molecule has 0 aliphatic rings. The molecule has 0 spiro atoms. The molecule has 38 valence electrons. The van der Waals surface area contributed by atoms with Crippen LogP contribution in [-0.4, -0.2) is 33.0 Å². The lowest BCUT2D eigenvalue weighted by atomic mass is 10.6. The molecule has 0 aliphatic carbocycles. The lowest BCUT2D eigenvalue weighted by Crippen LogP contribution is -2.31. The minimum atomic E-state index is -2.90. The molecule has 0 unspecified atom stereocenters. The Hall–Kier alpha value is -0.160. The molecule has 0 radical (unpaired) electrons. The summed E-state index contributed by atoms with van der Waals surface area (Å²) in [6.07, 6.45) is 0. The van der Waals surface area contributed by atoms with E-state index in [-0.39, 0.29) is 0 Å². The number of hydrogen-bond donors (Lipinski definition) is 4. The van der Waals surface area contributed by atoms with Crippen molar-refractivity contribution in [1.82, 2.24) is 0 Å². The fraction of sp³-hybridized carbons (Fsp3) is 1.00. The molecule has 0 atom stereocenters. The molecule has 0 saturated heterocycles. The van der Waals surface area contributed by atoms with Crippen LogP contribution in [0.2, 0.25) is 0 Å². The molecule has 0 aromatic carbocycles. The van der Waals surface area contributed by atoms with Gasteiger partial charge in [0.05, 0.1) is 0 Å². The lowest BCUT2D eigenvalue weighted by Gasteiger charge is -2.07. The normalized spacial score (nSPS) is 12.0. The SMILES string of the molecule is OCC(O)(O)O. The van der Waals surface area contributed by atoms with Gasteiger partial charge in [-0.25, -0.2) is 0 Å². The summed E-state index contributed by atoms with van der Waals surface area (Å²) < 4.78 is 0. The van der Waals surface area contributed by atoms with Gasteiger partial charge in [-0.05, 0) is 0 Å². The van der Waals surface area contributed by atoms with Crippen LogP contribution in [-0.2, 0) is 0 Å². The van der Waals surface area contributed by atoms with E-state index < -0.39 is 12.6 Å². The van der Waals surface area contributed by atoms with Crippen molar-refractivity contribution in [1.29, 1.82) is 0 Å². The summed E-state index contributed by atoms with van der Waals surface area (Å²) >= 11 is 0. The smallest absolute Gasteiger partial charge is 0.299 e. The van der Waals surface area contributed by atoms with Gasteiger partial charge in [-0.2, -0.15) is 0 Å². The monoisotopic (exact) mass is 94.0 g/mol. The molecule has 4 nitrogen and oxygen atoms in total. The van der Waals surface area contributed by atoms with Gasteiger partial charge in [-0.3, -0.25) is 0 Å². The molecule has 6 heavy (non-hydrogen) atoms. The van der Waals surface area contributed by atoms with Gasteiger partial charge >= 0.3 is 0 Å². The van der Waals surface area contributed by atoms with Crippen molar-refractivity contribution < 1.29 is 20.4 Å². The fourth-order valence-corrected chi connectivity index (χ4v) is 0. The molecule has 0 fully saturated rings. The zero-order chi connectivity index (χ0) is 5.21.